The van der Waals surface area contributed by atoms with Crippen LogP contribution in [0.3, 0.4) is 0 Å². The summed E-state index contributed by atoms with van der Waals surface area (Å²) < 4.78 is 8.57. The van der Waals surface area contributed by atoms with Crippen LogP contribution in [0.15, 0.2) is 66.7 Å². The van der Waals surface area contributed by atoms with Crippen LogP contribution < -0.4 is 0 Å². The molecule has 0 saturated heterocycles. The molecule has 0 unspecified atom stereocenters. The molecule has 0 radical (unpaired) electrons. The van der Waals surface area contributed by atoms with Crippen molar-refractivity contribution in [2.45, 2.75) is 21.8 Å². The molecule has 0 aromatic heterocycles. The van der Waals surface area contributed by atoms with Gasteiger partial charge in [-0.25, -0.2) is 0 Å². The Balaban J connectivity index is 2.31. The third kappa shape index (κ3) is 4.80. The number of rotatable bonds is 7. The van der Waals surface area contributed by atoms with Crippen LogP contribution in [0.4, 0.5) is 0 Å². The maximum absolute atomic E-state index is 12.5. The third-order valence-electron chi connectivity index (χ3n) is 3.58. The van der Waals surface area contributed by atoms with Crippen molar-refractivity contribution in [3.63, 3.8) is 0 Å². The molecule has 112 valence electrons. The number of carbonyl (C=O) groups excluding carboxylic acids is 1. The van der Waals surface area contributed by atoms with Crippen LogP contribution in [0.2, 0.25) is 7.96 Å². The molecule has 2 aromatic rings. The zero-order valence-corrected chi connectivity index (χ0v) is 17.6. The zero-order valence-electron chi connectivity index (χ0n) is 13.2. The Kier molecular flexibility index (Phi) is 6.84. The van der Waals surface area contributed by atoms with E-state index in [9.17, 15) is 4.79 Å². The number of hydrogen-bond donors (Lipinski definition) is 0. The van der Waals surface area contributed by atoms with E-state index in [2.05, 4.69) is 13.8 Å². The van der Waals surface area contributed by atoms with Gasteiger partial charge in [-0.3, -0.25) is 0 Å². The van der Waals surface area contributed by atoms with Crippen LogP contribution in [0, 0.1) is 0 Å². The van der Waals surface area contributed by atoms with Crippen molar-refractivity contribution in [2.24, 2.45) is 0 Å². The van der Waals surface area contributed by atoms with E-state index in [1.807, 2.05) is 60.7 Å². The summed E-state index contributed by atoms with van der Waals surface area (Å²) in [7, 11) is 0. The van der Waals surface area contributed by atoms with E-state index in [0.717, 1.165) is 19.3 Å². The van der Waals surface area contributed by atoms with Gasteiger partial charge in [0.05, 0.1) is 0 Å². The molecule has 2 nitrogen and oxygen atoms in total. The number of hydrogen-bond acceptors (Lipinski definition) is 2. The minimum absolute atomic E-state index is 0.00110. The van der Waals surface area contributed by atoms with Gasteiger partial charge in [-0.2, -0.15) is 0 Å². The minimum atomic E-state index is -2.14. The van der Waals surface area contributed by atoms with Crippen molar-refractivity contribution < 1.29 is 7.48 Å². The van der Waals surface area contributed by atoms with Crippen LogP contribution in [-0.2, 0) is 2.69 Å². The molecule has 0 bridgehead atoms. The fourth-order valence-electron chi connectivity index (χ4n) is 2.23. The van der Waals surface area contributed by atoms with Gasteiger partial charge in [0, 0.05) is 0 Å². The molecule has 0 N–H and O–H groups in total. The average molecular weight is 486 g/mol. The van der Waals surface area contributed by atoms with Gasteiger partial charge in [-0.15, -0.1) is 0 Å². The average Bonchev–Trinajstić information content (AvgIpc) is 2.60. The first-order valence-electron chi connectivity index (χ1n) is 7.77. The Labute approximate surface area is 141 Å². The van der Waals surface area contributed by atoms with Crippen molar-refractivity contribution in [3.8, 4) is 0 Å². The molecule has 0 amide bonds. The Morgan fingerprint density at radius 2 is 1.41 bits per heavy atom. The SMILES string of the molecule is C[CH2][Tl]([CH2]C)[O]/C(=C\C(=O)c1ccccc1)c1ccccc1. The summed E-state index contributed by atoms with van der Waals surface area (Å²) in [5.74, 6) is 0.739. The molecule has 0 heterocycles. The van der Waals surface area contributed by atoms with Crippen LogP contribution in [-0.4, -0.2) is 28.9 Å². The second kappa shape index (κ2) is 8.88. The summed E-state index contributed by atoms with van der Waals surface area (Å²) >= 11 is -2.14. The Hall–Kier alpha value is -1.43. The predicted octanol–water partition coefficient (Wildman–Crippen LogP) is 4.96. The topological polar surface area (TPSA) is 26.3 Å². The molecule has 0 aliphatic rings. The van der Waals surface area contributed by atoms with E-state index in [-0.39, 0.29) is 5.78 Å². The van der Waals surface area contributed by atoms with Crippen LogP contribution in [0.5, 0.6) is 0 Å². The number of carbonyl (C=O) groups is 1. The molecule has 0 atom stereocenters. The maximum atomic E-state index is 12.5. The van der Waals surface area contributed by atoms with Gasteiger partial charge in [0.1, 0.15) is 0 Å². The van der Waals surface area contributed by atoms with Crippen LogP contribution in [0.1, 0.15) is 29.8 Å². The van der Waals surface area contributed by atoms with Crippen LogP contribution >= 0.6 is 0 Å². The summed E-state index contributed by atoms with van der Waals surface area (Å²) in [6, 6.07) is 19.3. The molecule has 0 saturated carbocycles. The Bertz CT molecular complexity index is 616. The summed E-state index contributed by atoms with van der Waals surface area (Å²) in [5, 5.41) is 0. The first kappa shape index (κ1) is 16.9. The first-order chi connectivity index (χ1) is 10.7. The Morgan fingerprint density at radius 3 is 1.91 bits per heavy atom. The van der Waals surface area contributed by atoms with Crippen molar-refractivity contribution in [2.75, 3.05) is 0 Å². The van der Waals surface area contributed by atoms with E-state index >= 15 is 0 Å². The normalized spacial score (nSPS) is 11.1. The molecule has 2 rings (SSSR count). The van der Waals surface area contributed by atoms with Gasteiger partial charge in [0.25, 0.3) is 0 Å². The van der Waals surface area contributed by atoms with Gasteiger partial charge < -0.3 is 0 Å². The molecular formula is C19H21O2Tl. The van der Waals surface area contributed by atoms with E-state index in [1.165, 1.54) is 0 Å². The van der Waals surface area contributed by atoms with Gasteiger partial charge in [0.15, 0.2) is 0 Å². The number of benzene rings is 2. The van der Waals surface area contributed by atoms with E-state index in [4.69, 9.17) is 2.69 Å². The van der Waals surface area contributed by atoms with E-state index < -0.39 is 23.2 Å². The van der Waals surface area contributed by atoms with Crippen LogP contribution in [0.25, 0.3) is 5.76 Å². The zero-order chi connectivity index (χ0) is 15.8. The third-order valence-corrected chi connectivity index (χ3v) is 12.9. The monoisotopic (exact) mass is 486 g/mol. The van der Waals surface area contributed by atoms with Crippen molar-refractivity contribution >= 4 is 34.7 Å². The summed E-state index contributed by atoms with van der Waals surface area (Å²) in [6.45, 7) is 4.38. The Morgan fingerprint density at radius 1 is 0.909 bits per heavy atom. The molecule has 2 aromatic carbocycles. The first-order valence-corrected chi connectivity index (χ1v) is 16.0. The molecule has 0 aliphatic heterocycles. The van der Waals surface area contributed by atoms with Gasteiger partial charge in [-0.05, 0) is 0 Å². The molecule has 0 aliphatic carbocycles. The van der Waals surface area contributed by atoms with Gasteiger partial charge >= 0.3 is 142 Å². The summed E-state index contributed by atoms with van der Waals surface area (Å²) in [6.07, 6.45) is 1.66. The summed E-state index contributed by atoms with van der Waals surface area (Å²) in [5.41, 5.74) is 1.68. The van der Waals surface area contributed by atoms with E-state index in [1.54, 1.807) is 6.08 Å². The fourth-order valence-corrected chi connectivity index (χ4v) is 7.96. The fraction of sp³-hybridized carbons (Fsp3) is 0.211. The molecule has 3 heteroatoms. The molecule has 22 heavy (non-hydrogen) atoms. The van der Waals surface area contributed by atoms with Crippen molar-refractivity contribution in [1.82, 2.24) is 0 Å². The number of allylic oxidation sites excluding steroid dienone is 1. The summed E-state index contributed by atoms with van der Waals surface area (Å²) in [4.78, 5) is 12.5. The number of ketones is 1. The van der Waals surface area contributed by atoms with Crippen molar-refractivity contribution in [3.05, 3.63) is 77.9 Å². The van der Waals surface area contributed by atoms with Gasteiger partial charge in [0.2, 0.25) is 0 Å². The molecule has 0 fully saturated rings. The second-order valence-electron chi connectivity index (χ2n) is 5.16. The van der Waals surface area contributed by atoms with Gasteiger partial charge in [-0.1, -0.05) is 0 Å². The molecular weight excluding hydrogens is 465 g/mol. The van der Waals surface area contributed by atoms with Crippen molar-refractivity contribution in [1.29, 1.82) is 0 Å². The molecule has 0 spiro atoms. The second-order valence-corrected chi connectivity index (χ2v) is 17.3. The quantitative estimate of drug-likeness (QED) is 0.240. The van der Waals surface area contributed by atoms with E-state index in [0.29, 0.717) is 5.56 Å². The predicted molar refractivity (Wildman–Crippen MR) is 93.0 cm³/mol. The standard InChI is InChI=1S/C15H12O2.2C2H5.Tl/c16-14(12-7-3-1-4-8-12)11-15(17)13-9-5-2-6-10-13;2*1-2;/h1-11,16H;2*1H2,2H3;/q;;;+1/p-1/b14-11-;;;.